The summed E-state index contributed by atoms with van der Waals surface area (Å²) in [5.74, 6) is -1.70. The Balaban J connectivity index is 1.52. The lowest BCUT2D eigenvalue weighted by molar-refractivity contribution is 0.0926. The third-order valence-electron chi connectivity index (χ3n) is 5.29. The second kappa shape index (κ2) is 7.11. The lowest BCUT2D eigenvalue weighted by atomic mass is 10.0. The highest BCUT2D eigenvalue weighted by Gasteiger charge is 2.38. The van der Waals surface area contributed by atoms with Gasteiger partial charge in [-0.25, -0.2) is 4.90 Å². The molecule has 0 aliphatic carbocycles. The molecule has 0 saturated carbocycles. The van der Waals surface area contributed by atoms with Gasteiger partial charge in [-0.05, 0) is 47.2 Å². The van der Waals surface area contributed by atoms with Crippen molar-refractivity contribution in [3.05, 3.63) is 102 Å². The summed E-state index contributed by atoms with van der Waals surface area (Å²) in [5.41, 5.74) is 1.09. The average molecular weight is 408 g/mol. The van der Waals surface area contributed by atoms with Crippen molar-refractivity contribution in [1.29, 1.82) is 0 Å². The molecule has 5 rings (SSSR count). The van der Waals surface area contributed by atoms with E-state index < -0.39 is 17.7 Å². The number of phenolic OH excluding ortho intramolecular Hbond substituents is 1. The van der Waals surface area contributed by atoms with Crippen molar-refractivity contribution >= 4 is 39.9 Å². The van der Waals surface area contributed by atoms with Crippen molar-refractivity contribution in [1.82, 2.24) is 0 Å². The molecule has 0 bridgehead atoms. The number of benzene rings is 4. The van der Waals surface area contributed by atoms with Gasteiger partial charge in [-0.2, -0.15) is 0 Å². The highest BCUT2D eigenvalue weighted by molar-refractivity contribution is 6.36. The molecule has 0 unspecified atom stereocenters. The molecule has 4 aromatic carbocycles. The number of amides is 3. The second-order valence-electron chi connectivity index (χ2n) is 7.18. The van der Waals surface area contributed by atoms with Crippen LogP contribution in [0.1, 0.15) is 31.1 Å². The number of fused-ring (bicyclic) bond motifs is 2. The number of imide groups is 1. The Morgan fingerprint density at radius 3 is 2.19 bits per heavy atom. The Hall–Kier alpha value is -4.45. The Kier molecular flexibility index (Phi) is 4.26. The summed E-state index contributed by atoms with van der Waals surface area (Å²) in [5, 5.41) is 14.6. The molecule has 3 amide bonds. The van der Waals surface area contributed by atoms with E-state index in [2.05, 4.69) is 5.32 Å². The minimum atomic E-state index is -0.574. The van der Waals surface area contributed by atoms with E-state index in [1.165, 1.54) is 6.07 Å². The van der Waals surface area contributed by atoms with Crippen molar-refractivity contribution in [2.45, 2.75) is 0 Å². The van der Waals surface area contributed by atoms with Gasteiger partial charge >= 0.3 is 0 Å². The van der Waals surface area contributed by atoms with Crippen LogP contribution in [0.15, 0.2) is 84.9 Å². The van der Waals surface area contributed by atoms with Crippen LogP contribution in [0, 0.1) is 0 Å². The molecule has 1 aliphatic rings. The molecular formula is C25H16N2O4. The molecule has 0 radical (unpaired) electrons. The van der Waals surface area contributed by atoms with Crippen LogP contribution < -0.4 is 10.2 Å². The SMILES string of the molecule is O=C(Nc1cccc2c1C(=O)N(c1ccccc1)C2=O)c1cc2ccccc2cc1O. The fourth-order valence-electron chi connectivity index (χ4n) is 3.80. The first-order valence-electron chi connectivity index (χ1n) is 9.64. The summed E-state index contributed by atoms with van der Waals surface area (Å²) < 4.78 is 0. The van der Waals surface area contributed by atoms with Crippen LogP contribution in [-0.4, -0.2) is 22.8 Å². The summed E-state index contributed by atoms with van der Waals surface area (Å²) in [7, 11) is 0. The molecule has 0 atom stereocenters. The van der Waals surface area contributed by atoms with Crippen molar-refractivity contribution in [2.24, 2.45) is 0 Å². The van der Waals surface area contributed by atoms with Gasteiger partial charge in [0.15, 0.2) is 0 Å². The van der Waals surface area contributed by atoms with E-state index in [9.17, 15) is 19.5 Å². The fraction of sp³-hybridized carbons (Fsp3) is 0. The molecule has 6 nitrogen and oxygen atoms in total. The standard InChI is InChI=1S/C25H16N2O4/c28-21-14-16-8-5-4-7-15(16)13-19(21)23(29)26-20-12-6-11-18-22(20)25(31)27(24(18)30)17-9-2-1-3-10-17/h1-14,28H,(H,26,29). The van der Waals surface area contributed by atoms with Crippen LogP contribution in [0.25, 0.3) is 10.8 Å². The van der Waals surface area contributed by atoms with Gasteiger partial charge in [0.2, 0.25) is 0 Å². The van der Waals surface area contributed by atoms with E-state index in [4.69, 9.17) is 0 Å². The topological polar surface area (TPSA) is 86.7 Å². The molecule has 150 valence electrons. The van der Waals surface area contributed by atoms with Crippen LogP contribution in [0.3, 0.4) is 0 Å². The molecule has 0 fully saturated rings. The molecule has 6 heteroatoms. The number of carbonyl (C=O) groups excluding carboxylic acids is 3. The number of phenols is 1. The van der Waals surface area contributed by atoms with Crippen molar-refractivity contribution in [3.8, 4) is 5.75 Å². The maximum Gasteiger partial charge on any atom is 0.268 e. The molecule has 0 aromatic heterocycles. The molecule has 1 aliphatic heterocycles. The van der Waals surface area contributed by atoms with Gasteiger partial charge in [0.25, 0.3) is 17.7 Å². The molecule has 4 aromatic rings. The number of anilines is 2. The first-order chi connectivity index (χ1) is 15.0. The highest BCUT2D eigenvalue weighted by atomic mass is 16.3. The molecule has 1 heterocycles. The predicted octanol–water partition coefficient (Wildman–Crippen LogP) is 4.60. The zero-order valence-corrected chi connectivity index (χ0v) is 16.2. The summed E-state index contributed by atoms with van der Waals surface area (Å²) in [6.45, 7) is 0. The average Bonchev–Trinajstić information content (AvgIpc) is 3.04. The number of hydrogen-bond acceptors (Lipinski definition) is 4. The van der Waals surface area contributed by atoms with E-state index in [-0.39, 0.29) is 28.1 Å². The molecule has 2 N–H and O–H groups in total. The largest absolute Gasteiger partial charge is 0.507 e. The maximum atomic E-state index is 13.1. The quantitative estimate of drug-likeness (QED) is 0.485. The fourth-order valence-corrected chi connectivity index (χ4v) is 3.80. The van der Waals surface area contributed by atoms with Crippen molar-refractivity contribution in [3.63, 3.8) is 0 Å². The zero-order chi connectivity index (χ0) is 21.5. The number of rotatable bonds is 3. The van der Waals surface area contributed by atoms with Gasteiger partial charge in [0.1, 0.15) is 5.75 Å². The monoisotopic (exact) mass is 408 g/mol. The predicted molar refractivity (Wildman–Crippen MR) is 118 cm³/mol. The second-order valence-corrected chi connectivity index (χ2v) is 7.18. The van der Waals surface area contributed by atoms with E-state index in [0.717, 1.165) is 15.7 Å². The molecular weight excluding hydrogens is 392 g/mol. The number of aromatic hydroxyl groups is 1. The van der Waals surface area contributed by atoms with Gasteiger partial charge in [0, 0.05) is 0 Å². The molecule has 31 heavy (non-hydrogen) atoms. The van der Waals surface area contributed by atoms with Crippen molar-refractivity contribution < 1.29 is 19.5 Å². The molecule has 0 saturated heterocycles. The Morgan fingerprint density at radius 1 is 0.774 bits per heavy atom. The molecule has 0 spiro atoms. The summed E-state index contributed by atoms with van der Waals surface area (Å²) in [6, 6.07) is 23.8. The maximum absolute atomic E-state index is 13.1. The zero-order valence-electron chi connectivity index (χ0n) is 16.2. The number of nitrogens with zero attached hydrogens (tertiary/aromatic N) is 1. The lowest BCUT2D eigenvalue weighted by Gasteiger charge is -2.14. The smallest absolute Gasteiger partial charge is 0.268 e. The lowest BCUT2D eigenvalue weighted by Crippen LogP contribution is -2.29. The Labute approximate surface area is 177 Å². The summed E-state index contributed by atoms with van der Waals surface area (Å²) in [4.78, 5) is 40.0. The van der Waals surface area contributed by atoms with Crippen LogP contribution in [-0.2, 0) is 0 Å². The normalized spacial score (nSPS) is 12.8. The minimum absolute atomic E-state index is 0.0768. The van der Waals surface area contributed by atoms with E-state index in [1.54, 1.807) is 54.6 Å². The summed E-state index contributed by atoms with van der Waals surface area (Å²) >= 11 is 0. The van der Waals surface area contributed by atoms with Gasteiger partial charge in [-0.15, -0.1) is 0 Å². The van der Waals surface area contributed by atoms with Crippen LogP contribution in [0.4, 0.5) is 11.4 Å². The number of nitrogens with one attached hydrogen (secondary N) is 1. The third kappa shape index (κ3) is 3.02. The highest BCUT2D eigenvalue weighted by Crippen LogP contribution is 2.33. The van der Waals surface area contributed by atoms with Crippen LogP contribution in [0.5, 0.6) is 5.75 Å². The first kappa shape index (κ1) is 18.6. The van der Waals surface area contributed by atoms with Gasteiger partial charge in [-0.3, -0.25) is 14.4 Å². The number of carbonyl (C=O) groups is 3. The number of hydrogen-bond donors (Lipinski definition) is 2. The Bertz CT molecular complexity index is 1380. The van der Waals surface area contributed by atoms with Crippen LogP contribution in [0.2, 0.25) is 0 Å². The van der Waals surface area contributed by atoms with E-state index in [0.29, 0.717) is 5.69 Å². The van der Waals surface area contributed by atoms with Crippen molar-refractivity contribution in [2.75, 3.05) is 10.2 Å². The number of para-hydroxylation sites is 1. The van der Waals surface area contributed by atoms with Gasteiger partial charge < -0.3 is 10.4 Å². The first-order valence-corrected chi connectivity index (χ1v) is 9.64. The van der Waals surface area contributed by atoms with Gasteiger partial charge in [-0.1, -0.05) is 48.5 Å². The van der Waals surface area contributed by atoms with Gasteiger partial charge in [0.05, 0.1) is 28.1 Å². The minimum Gasteiger partial charge on any atom is -0.507 e. The van der Waals surface area contributed by atoms with E-state index >= 15 is 0 Å². The Morgan fingerprint density at radius 2 is 1.45 bits per heavy atom. The van der Waals surface area contributed by atoms with E-state index in [1.807, 2.05) is 24.3 Å². The van der Waals surface area contributed by atoms with Crippen LogP contribution >= 0.6 is 0 Å². The third-order valence-corrected chi connectivity index (χ3v) is 5.29. The summed E-state index contributed by atoms with van der Waals surface area (Å²) in [6.07, 6.45) is 0.